The molecule has 0 bridgehead atoms. The first-order chi connectivity index (χ1) is 10.6. The summed E-state index contributed by atoms with van der Waals surface area (Å²) in [7, 11) is 0. The number of hydrogen-bond donors (Lipinski definition) is 0. The molecule has 0 aromatic carbocycles. The van der Waals surface area contributed by atoms with Crippen LogP contribution in [0.4, 0.5) is 5.95 Å². The van der Waals surface area contributed by atoms with Gasteiger partial charge in [0, 0.05) is 31.8 Å². The predicted octanol–water partition coefficient (Wildman–Crippen LogP) is 2.23. The van der Waals surface area contributed by atoms with Gasteiger partial charge in [0.2, 0.25) is 5.95 Å². The molecule has 22 heavy (non-hydrogen) atoms. The fourth-order valence-corrected chi connectivity index (χ4v) is 3.28. The second-order valence-corrected chi connectivity index (χ2v) is 7.10. The van der Waals surface area contributed by atoms with E-state index in [2.05, 4.69) is 33.5 Å². The summed E-state index contributed by atoms with van der Waals surface area (Å²) in [6.45, 7) is 10.2. The van der Waals surface area contributed by atoms with Crippen molar-refractivity contribution in [2.45, 2.75) is 45.3 Å². The molecule has 1 aliphatic rings. The Morgan fingerprint density at radius 1 is 1.32 bits per heavy atom. The number of morpholine rings is 1. The van der Waals surface area contributed by atoms with Crippen LogP contribution in [0.15, 0.2) is 5.16 Å². The van der Waals surface area contributed by atoms with Crippen molar-refractivity contribution in [1.29, 1.82) is 0 Å². The first kappa shape index (κ1) is 17.3. The Hall–Kier alpha value is -1.08. The number of anilines is 1. The van der Waals surface area contributed by atoms with E-state index in [0.29, 0.717) is 12.3 Å². The maximum Gasteiger partial charge on any atom is 0.228 e. The molecule has 0 N–H and O–H groups in total. The van der Waals surface area contributed by atoms with Crippen LogP contribution in [0.1, 0.15) is 33.6 Å². The van der Waals surface area contributed by atoms with Crippen molar-refractivity contribution in [2.75, 3.05) is 37.0 Å². The van der Waals surface area contributed by atoms with E-state index in [4.69, 9.17) is 4.74 Å². The van der Waals surface area contributed by atoms with Gasteiger partial charge in [-0.25, -0.2) is 0 Å². The third kappa shape index (κ3) is 4.98. The SMILES string of the molecule is CC(=O)CCCSc1nnc(N2CCOCC2)n1CC(C)C. The number of ketones is 1. The van der Waals surface area contributed by atoms with Crippen molar-refractivity contribution in [3.8, 4) is 0 Å². The van der Waals surface area contributed by atoms with Crippen LogP contribution in [-0.4, -0.2) is 52.6 Å². The third-order valence-corrected chi connectivity index (χ3v) is 4.50. The van der Waals surface area contributed by atoms with Crippen molar-refractivity contribution >= 4 is 23.5 Å². The Morgan fingerprint density at radius 3 is 2.68 bits per heavy atom. The first-order valence-corrected chi connectivity index (χ1v) is 8.94. The summed E-state index contributed by atoms with van der Waals surface area (Å²) in [6.07, 6.45) is 1.53. The predicted molar refractivity (Wildman–Crippen MR) is 88.5 cm³/mol. The molecule has 1 fully saturated rings. The maximum absolute atomic E-state index is 11.0. The lowest BCUT2D eigenvalue weighted by Crippen LogP contribution is -2.38. The van der Waals surface area contributed by atoms with Crippen LogP contribution in [0.3, 0.4) is 0 Å². The topological polar surface area (TPSA) is 60.3 Å². The Morgan fingerprint density at radius 2 is 2.05 bits per heavy atom. The van der Waals surface area contributed by atoms with E-state index < -0.39 is 0 Å². The molecule has 2 rings (SSSR count). The summed E-state index contributed by atoms with van der Waals surface area (Å²) >= 11 is 1.70. The average molecular weight is 326 g/mol. The van der Waals surface area contributed by atoms with E-state index in [-0.39, 0.29) is 5.78 Å². The number of hydrogen-bond acceptors (Lipinski definition) is 6. The summed E-state index contributed by atoms with van der Waals surface area (Å²) in [5.74, 6) is 2.63. The number of thioether (sulfide) groups is 1. The van der Waals surface area contributed by atoms with E-state index >= 15 is 0 Å². The van der Waals surface area contributed by atoms with E-state index in [0.717, 1.165) is 56.1 Å². The molecule has 0 atom stereocenters. The fraction of sp³-hybridized carbons (Fsp3) is 0.800. The van der Waals surface area contributed by atoms with Crippen LogP contribution < -0.4 is 4.90 Å². The van der Waals surface area contributed by atoms with Crippen LogP contribution in [0.5, 0.6) is 0 Å². The Balaban J connectivity index is 2.04. The summed E-state index contributed by atoms with van der Waals surface area (Å²) in [4.78, 5) is 13.3. The molecule has 1 aromatic rings. The van der Waals surface area contributed by atoms with E-state index in [1.54, 1.807) is 18.7 Å². The molecular weight excluding hydrogens is 300 g/mol. The fourth-order valence-electron chi connectivity index (χ4n) is 2.39. The summed E-state index contributed by atoms with van der Waals surface area (Å²) in [5.41, 5.74) is 0. The Labute approximate surface area is 136 Å². The maximum atomic E-state index is 11.0. The zero-order chi connectivity index (χ0) is 15.9. The number of aromatic nitrogens is 3. The van der Waals surface area contributed by atoms with Gasteiger partial charge >= 0.3 is 0 Å². The highest BCUT2D eigenvalue weighted by Gasteiger charge is 2.21. The number of carbonyl (C=O) groups is 1. The van der Waals surface area contributed by atoms with Crippen molar-refractivity contribution in [3.05, 3.63) is 0 Å². The molecular formula is C15H26N4O2S. The van der Waals surface area contributed by atoms with E-state index in [1.165, 1.54) is 0 Å². The standard InChI is InChI=1S/C15H26N4O2S/c1-12(2)11-19-14(18-6-8-21-9-7-18)16-17-15(19)22-10-4-5-13(3)20/h12H,4-11H2,1-3H3. The molecule has 2 heterocycles. The zero-order valence-corrected chi connectivity index (χ0v) is 14.6. The minimum atomic E-state index is 0.248. The molecule has 0 aliphatic carbocycles. The van der Waals surface area contributed by atoms with E-state index in [9.17, 15) is 4.79 Å². The van der Waals surface area contributed by atoms with Gasteiger partial charge in [-0.05, 0) is 19.3 Å². The molecule has 0 amide bonds. The average Bonchev–Trinajstić information content (AvgIpc) is 2.86. The lowest BCUT2D eigenvalue weighted by atomic mass is 10.2. The van der Waals surface area contributed by atoms with E-state index in [1.807, 2.05) is 0 Å². The summed E-state index contributed by atoms with van der Waals surface area (Å²) < 4.78 is 7.63. The molecule has 0 radical (unpaired) electrons. The van der Waals surface area contributed by atoms with Crippen molar-refractivity contribution in [2.24, 2.45) is 5.92 Å². The number of Topliss-reactive ketones (excluding diaryl/α,β-unsaturated/α-hetero) is 1. The molecule has 1 aromatic heterocycles. The van der Waals surface area contributed by atoms with Gasteiger partial charge in [-0.15, -0.1) is 10.2 Å². The first-order valence-electron chi connectivity index (χ1n) is 7.96. The van der Waals surface area contributed by atoms with Gasteiger partial charge in [-0.2, -0.15) is 0 Å². The van der Waals surface area contributed by atoms with Crippen LogP contribution in [0, 0.1) is 5.92 Å². The third-order valence-electron chi connectivity index (χ3n) is 3.44. The summed E-state index contributed by atoms with van der Waals surface area (Å²) in [5, 5.41) is 9.73. The molecule has 124 valence electrons. The highest BCUT2D eigenvalue weighted by Crippen LogP contribution is 2.24. The van der Waals surface area contributed by atoms with Gasteiger partial charge in [0.25, 0.3) is 0 Å². The normalized spacial score (nSPS) is 15.5. The Bertz CT molecular complexity index is 484. The zero-order valence-electron chi connectivity index (χ0n) is 13.7. The number of rotatable bonds is 8. The quantitative estimate of drug-likeness (QED) is 0.539. The van der Waals surface area contributed by atoms with Gasteiger partial charge in [0.05, 0.1) is 13.2 Å². The molecule has 7 heteroatoms. The molecule has 0 unspecified atom stereocenters. The lowest BCUT2D eigenvalue weighted by molar-refractivity contribution is -0.117. The van der Waals surface area contributed by atoms with Crippen molar-refractivity contribution in [1.82, 2.24) is 14.8 Å². The largest absolute Gasteiger partial charge is 0.378 e. The second kappa shape index (κ2) is 8.53. The number of ether oxygens (including phenoxy) is 1. The molecule has 0 saturated carbocycles. The highest BCUT2D eigenvalue weighted by molar-refractivity contribution is 7.99. The summed E-state index contributed by atoms with van der Waals surface area (Å²) in [6, 6.07) is 0. The van der Waals surface area contributed by atoms with Gasteiger partial charge in [-0.1, -0.05) is 25.6 Å². The number of carbonyl (C=O) groups excluding carboxylic acids is 1. The van der Waals surface area contributed by atoms with Gasteiger partial charge < -0.3 is 14.4 Å². The van der Waals surface area contributed by atoms with Crippen molar-refractivity contribution in [3.63, 3.8) is 0 Å². The highest BCUT2D eigenvalue weighted by atomic mass is 32.2. The minimum absolute atomic E-state index is 0.248. The number of nitrogens with zero attached hydrogens (tertiary/aromatic N) is 4. The van der Waals surface area contributed by atoms with Gasteiger partial charge in [-0.3, -0.25) is 4.57 Å². The van der Waals surface area contributed by atoms with Crippen molar-refractivity contribution < 1.29 is 9.53 Å². The molecule has 0 spiro atoms. The lowest BCUT2D eigenvalue weighted by Gasteiger charge is -2.28. The molecule has 1 saturated heterocycles. The smallest absolute Gasteiger partial charge is 0.228 e. The minimum Gasteiger partial charge on any atom is -0.378 e. The Kier molecular flexibility index (Phi) is 6.70. The molecule has 6 nitrogen and oxygen atoms in total. The second-order valence-electron chi connectivity index (χ2n) is 6.04. The van der Waals surface area contributed by atoms with Crippen LogP contribution in [-0.2, 0) is 16.1 Å². The van der Waals surface area contributed by atoms with Crippen LogP contribution in [0.2, 0.25) is 0 Å². The van der Waals surface area contributed by atoms with Gasteiger partial charge in [0.1, 0.15) is 5.78 Å². The molecule has 1 aliphatic heterocycles. The van der Waals surface area contributed by atoms with Crippen LogP contribution >= 0.6 is 11.8 Å². The monoisotopic (exact) mass is 326 g/mol. The van der Waals surface area contributed by atoms with Gasteiger partial charge in [0.15, 0.2) is 5.16 Å². The van der Waals surface area contributed by atoms with Crippen LogP contribution in [0.25, 0.3) is 0 Å².